The van der Waals surface area contributed by atoms with Gasteiger partial charge in [-0.25, -0.2) is 4.98 Å². The molecule has 2 fully saturated rings. The third kappa shape index (κ3) is 2.77. The van der Waals surface area contributed by atoms with Crippen LogP contribution >= 0.6 is 0 Å². The summed E-state index contributed by atoms with van der Waals surface area (Å²) in [6, 6.07) is 3.78. The summed E-state index contributed by atoms with van der Waals surface area (Å²) < 4.78 is 0. The van der Waals surface area contributed by atoms with Gasteiger partial charge in [0.05, 0.1) is 6.20 Å². The summed E-state index contributed by atoms with van der Waals surface area (Å²) in [6.07, 6.45) is 7.01. The number of H-pyrrole nitrogens is 1. The van der Waals surface area contributed by atoms with Gasteiger partial charge >= 0.3 is 0 Å². The molecule has 0 unspecified atom stereocenters. The van der Waals surface area contributed by atoms with Crippen LogP contribution in [0.3, 0.4) is 0 Å². The minimum Gasteiger partial charge on any atom is -0.357 e. The SMILES string of the molecule is Cc1cn[nH]c1[C@H]1CCN(C(=O)c2ccnc(N3CCCC3)c2)C1. The molecule has 6 heteroatoms. The molecule has 1 N–H and O–H groups in total. The lowest BCUT2D eigenvalue weighted by Gasteiger charge is -2.19. The Kier molecular flexibility index (Phi) is 3.96. The first-order valence-electron chi connectivity index (χ1n) is 8.72. The monoisotopic (exact) mass is 325 g/mol. The van der Waals surface area contributed by atoms with Gasteiger partial charge in [0.2, 0.25) is 0 Å². The van der Waals surface area contributed by atoms with Crippen molar-refractivity contribution in [1.82, 2.24) is 20.1 Å². The summed E-state index contributed by atoms with van der Waals surface area (Å²) in [6.45, 7) is 5.69. The summed E-state index contributed by atoms with van der Waals surface area (Å²) in [7, 11) is 0. The summed E-state index contributed by atoms with van der Waals surface area (Å²) in [5.41, 5.74) is 3.08. The fourth-order valence-corrected chi connectivity index (χ4v) is 3.80. The topological polar surface area (TPSA) is 65.1 Å². The molecule has 0 aromatic carbocycles. The lowest BCUT2D eigenvalue weighted by molar-refractivity contribution is 0.0790. The van der Waals surface area contributed by atoms with Crippen LogP contribution in [0, 0.1) is 6.92 Å². The third-order valence-electron chi connectivity index (χ3n) is 5.17. The van der Waals surface area contributed by atoms with Crippen LogP contribution in [0.4, 0.5) is 5.82 Å². The zero-order valence-electron chi connectivity index (χ0n) is 14.0. The van der Waals surface area contributed by atoms with Crippen molar-refractivity contribution in [3.8, 4) is 0 Å². The highest BCUT2D eigenvalue weighted by atomic mass is 16.2. The van der Waals surface area contributed by atoms with E-state index in [-0.39, 0.29) is 5.91 Å². The number of nitrogens with zero attached hydrogens (tertiary/aromatic N) is 4. The molecule has 126 valence electrons. The molecule has 0 bridgehead atoms. The van der Waals surface area contributed by atoms with Crippen LogP contribution in [0.25, 0.3) is 0 Å². The zero-order chi connectivity index (χ0) is 16.5. The van der Waals surface area contributed by atoms with Gasteiger partial charge in [-0.3, -0.25) is 9.89 Å². The molecule has 0 saturated carbocycles. The van der Waals surface area contributed by atoms with Crippen molar-refractivity contribution in [3.63, 3.8) is 0 Å². The van der Waals surface area contributed by atoms with E-state index in [9.17, 15) is 4.79 Å². The second-order valence-electron chi connectivity index (χ2n) is 6.80. The number of hydrogen-bond donors (Lipinski definition) is 1. The number of rotatable bonds is 3. The van der Waals surface area contributed by atoms with E-state index in [1.54, 1.807) is 6.20 Å². The first kappa shape index (κ1) is 15.2. The molecule has 2 aromatic heterocycles. The molecular weight excluding hydrogens is 302 g/mol. The number of carbonyl (C=O) groups excluding carboxylic acids is 1. The van der Waals surface area contributed by atoms with E-state index in [2.05, 4.69) is 27.0 Å². The van der Waals surface area contributed by atoms with Gasteiger partial charge in [0, 0.05) is 49.6 Å². The predicted octanol–water partition coefficient (Wildman–Crippen LogP) is 2.34. The standard InChI is InChI=1S/C18H23N5O/c1-13-11-20-21-17(13)15-5-9-23(12-15)18(24)14-4-6-19-16(10-14)22-7-2-3-8-22/h4,6,10-11,15H,2-3,5,7-9,12H2,1H3,(H,20,21)/t15-/m0/s1. The number of aromatic nitrogens is 3. The van der Waals surface area contributed by atoms with Gasteiger partial charge in [0.15, 0.2) is 0 Å². The third-order valence-corrected chi connectivity index (χ3v) is 5.17. The van der Waals surface area contributed by atoms with Gasteiger partial charge in [-0.15, -0.1) is 0 Å². The Morgan fingerprint density at radius 3 is 2.88 bits per heavy atom. The Morgan fingerprint density at radius 1 is 1.29 bits per heavy atom. The van der Waals surface area contributed by atoms with Gasteiger partial charge in [0.25, 0.3) is 5.91 Å². The van der Waals surface area contributed by atoms with Crippen LogP contribution in [0.5, 0.6) is 0 Å². The number of likely N-dealkylation sites (tertiary alicyclic amines) is 1. The number of carbonyl (C=O) groups is 1. The second kappa shape index (κ2) is 6.26. The van der Waals surface area contributed by atoms with Gasteiger partial charge < -0.3 is 9.80 Å². The van der Waals surface area contributed by atoms with Crippen LogP contribution in [-0.4, -0.2) is 52.2 Å². The van der Waals surface area contributed by atoms with E-state index in [1.165, 1.54) is 18.4 Å². The molecular formula is C18H23N5O. The van der Waals surface area contributed by atoms with Crippen LogP contribution in [0.1, 0.15) is 46.8 Å². The molecule has 1 atom stereocenters. The van der Waals surface area contributed by atoms with Gasteiger partial charge in [0.1, 0.15) is 5.82 Å². The van der Waals surface area contributed by atoms with Crippen LogP contribution in [-0.2, 0) is 0 Å². The zero-order valence-corrected chi connectivity index (χ0v) is 14.0. The first-order valence-corrected chi connectivity index (χ1v) is 8.72. The molecule has 2 aromatic rings. The molecule has 0 radical (unpaired) electrons. The van der Waals surface area contributed by atoms with E-state index >= 15 is 0 Å². The van der Waals surface area contributed by atoms with Crippen molar-refractivity contribution in [2.45, 2.75) is 32.1 Å². The van der Waals surface area contributed by atoms with Crippen molar-refractivity contribution in [2.75, 3.05) is 31.1 Å². The molecule has 4 rings (SSSR count). The maximum absolute atomic E-state index is 12.9. The number of anilines is 1. The Morgan fingerprint density at radius 2 is 2.12 bits per heavy atom. The quantitative estimate of drug-likeness (QED) is 0.941. The number of amides is 1. The summed E-state index contributed by atoms with van der Waals surface area (Å²) in [4.78, 5) is 21.5. The fourth-order valence-electron chi connectivity index (χ4n) is 3.80. The van der Waals surface area contributed by atoms with Gasteiger partial charge in [-0.05, 0) is 43.9 Å². The Labute approximate surface area is 141 Å². The van der Waals surface area contributed by atoms with Crippen molar-refractivity contribution in [2.24, 2.45) is 0 Å². The number of nitrogens with one attached hydrogen (secondary N) is 1. The molecule has 6 nitrogen and oxygen atoms in total. The minimum atomic E-state index is 0.109. The summed E-state index contributed by atoms with van der Waals surface area (Å²) in [5, 5.41) is 7.20. The Hall–Kier alpha value is -2.37. The number of pyridine rings is 1. The van der Waals surface area contributed by atoms with Crippen molar-refractivity contribution < 1.29 is 4.79 Å². The lowest BCUT2D eigenvalue weighted by Crippen LogP contribution is -2.29. The number of aryl methyl sites for hydroxylation is 1. The van der Waals surface area contributed by atoms with Crippen LogP contribution in [0.15, 0.2) is 24.5 Å². The molecule has 1 amide bonds. The molecule has 0 spiro atoms. The normalized spacial score (nSPS) is 20.8. The minimum absolute atomic E-state index is 0.109. The fraction of sp³-hybridized carbons (Fsp3) is 0.500. The molecule has 2 aliphatic rings. The highest BCUT2D eigenvalue weighted by Crippen LogP contribution is 2.29. The summed E-state index contributed by atoms with van der Waals surface area (Å²) in [5.74, 6) is 1.40. The highest BCUT2D eigenvalue weighted by Gasteiger charge is 2.30. The van der Waals surface area contributed by atoms with E-state index < -0.39 is 0 Å². The first-order chi connectivity index (χ1) is 11.7. The second-order valence-corrected chi connectivity index (χ2v) is 6.80. The Bertz CT molecular complexity index is 735. The van der Waals surface area contributed by atoms with Crippen molar-refractivity contribution >= 4 is 11.7 Å². The van der Waals surface area contributed by atoms with Crippen molar-refractivity contribution in [1.29, 1.82) is 0 Å². The molecule has 4 heterocycles. The van der Waals surface area contributed by atoms with Crippen LogP contribution < -0.4 is 4.90 Å². The maximum atomic E-state index is 12.9. The van der Waals surface area contributed by atoms with E-state index in [1.807, 2.05) is 23.2 Å². The van der Waals surface area contributed by atoms with Crippen molar-refractivity contribution in [3.05, 3.63) is 41.3 Å². The molecule has 24 heavy (non-hydrogen) atoms. The molecule has 2 saturated heterocycles. The molecule has 2 aliphatic heterocycles. The van der Waals surface area contributed by atoms with E-state index in [0.717, 1.165) is 49.7 Å². The Balaban J connectivity index is 1.48. The average molecular weight is 325 g/mol. The average Bonchev–Trinajstić information content (AvgIpc) is 3.35. The number of hydrogen-bond acceptors (Lipinski definition) is 4. The van der Waals surface area contributed by atoms with Crippen LogP contribution in [0.2, 0.25) is 0 Å². The smallest absolute Gasteiger partial charge is 0.254 e. The van der Waals surface area contributed by atoms with Gasteiger partial charge in [-0.1, -0.05) is 0 Å². The lowest BCUT2D eigenvalue weighted by atomic mass is 10.0. The maximum Gasteiger partial charge on any atom is 0.254 e. The largest absolute Gasteiger partial charge is 0.357 e. The van der Waals surface area contributed by atoms with Gasteiger partial charge in [-0.2, -0.15) is 5.10 Å². The highest BCUT2D eigenvalue weighted by molar-refractivity contribution is 5.95. The van der Waals surface area contributed by atoms with E-state index in [4.69, 9.17) is 0 Å². The number of aromatic amines is 1. The summed E-state index contributed by atoms with van der Waals surface area (Å²) >= 11 is 0. The van der Waals surface area contributed by atoms with E-state index in [0.29, 0.717) is 5.92 Å². The molecule has 0 aliphatic carbocycles. The predicted molar refractivity (Wildman–Crippen MR) is 92.3 cm³/mol.